The molecule has 0 aliphatic carbocycles. The highest BCUT2D eigenvalue weighted by molar-refractivity contribution is 6.31. The SMILES string of the molecule is CC(C)N1C(=O)N(c2c(F)cc(NCCNCCO)cc2F)c2cc(Cl)ccc2-c2cc(F)cnc21. The van der Waals surface area contributed by atoms with Crippen LogP contribution in [0, 0.1) is 17.5 Å². The highest BCUT2D eigenvalue weighted by atomic mass is 35.5. The lowest BCUT2D eigenvalue weighted by Gasteiger charge is -2.31. The number of fused-ring (bicyclic) bond motifs is 3. The minimum Gasteiger partial charge on any atom is -0.395 e. The van der Waals surface area contributed by atoms with Crippen LogP contribution in [0.5, 0.6) is 0 Å². The number of aromatic nitrogens is 1. The number of hydrogen-bond acceptors (Lipinski definition) is 5. The zero-order chi connectivity index (χ0) is 26.0. The first-order valence-corrected chi connectivity index (χ1v) is 11.7. The molecule has 3 N–H and O–H groups in total. The molecule has 0 saturated carbocycles. The summed E-state index contributed by atoms with van der Waals surface area (Å²) in [5, 5.41) is 14.9. The molecule has 0 saturated heterocycles. The van der Waals surface area contributed by atoms with Gasteiger partial charge in [0, 0.05) is 47.5 Å². The monoisotopic (exact) mass is 519 g/mol. The second-order valence-corrected chi connectivity index (χ2v) is 8.89. The first kappa shape index (κ1) is 25.7. The fourth-order valence-corrected chi connectivity index (χ4v) is 4.27. The molecule has 2 aromatic carbocycles. The maximum Gasteiger partial charge on any atom is 0.335 e. The Kier molecular flexibility index (Phi) is 7.67. The Hall–Kier alpha value is -3.34. The van der Waals surface area contributed by atoms with Crippen LogP contribution in [0.1, 0.15) is 13.8 Å². The summed E-state index contributed by atoms with van der Waals surface area (Å²) in [5.41, 5.74) is 0.317. The van der Waals surface area contributed by atoms with Crippen molar-refractivity contribution in [3.63, 3.8) is 0 Å². The fourth-order valence-electron chi connectivity index (χ4n) is 4.10. The molecule has 3 aromatic rings. The number of anilines is 4. The second-order valence-electron chi connectivity index (χ2n) is 8.46. The van der Waals surface area contributed by atoms with Crippen molar-refractivity contribution in [3.05, 3.63) is 65.1 Å². The summed E-state index contributed by atoms with van der Waals surface area (Å²) in [6.45, 7) is 4.64. The number of aliphatic hydroxyl groups excluding tert-OH is 1. The predicted molar refractivity (Wildman–Crippen MR) is 135 cm³/mol. The third-order valence-electron chi connectivity index (χ3n) is 5.63. The first-order chi connectivity index (χ1) is 17.2. The van der Waals surface area contributed by atoms with E-state index in [1.165, 1.54) is 17.0 Å². The molecule has 36 heavy (non-hydrogen) atoms. The Bertz CT molecular complexity index is 1270. The maximum absolute atomic E-state index is 15.5. The molecule has 0 spiro atoms. The van der Waals surface area contributed by atoms with Gasteiger partial charge in [-0.3, -0.25) is 9.80 Å². The minimum atomic E-state index is -0.978. The summed E-state index contributed by atoms with van der Waals surface area (Å²) in [5.74, 6) is -2.42. The van der Waals surface area contributed by atoms with Crippen molar-refractivity contribution < 1.29 is 23.1 Å². The molecule has 0 atom stereocenters. The molecule has 7 nitrogen and oxygen atoms in total. The molecule has 0 fully saturated rings. The normalized spacial score (nSPS) is 13.1. The van der Waals surface area contributed by atoms with E-state index in [1.54, 1.807) is 26.0 Å². The Morgan fingerprint density at radius 1 is 1.03 bits per heavy atom. The van der Waals surface area contributed by atoms with Crippen molar-refractivity contribution in [2.75, 3.05) is 41.4 Å². The van der Waals surface area contributed by atoms with Gasteiger partial charge in [-0.2, -0.15) is 0 Å². The number of aliphatic hydroxyl groups is 1. The average Bonchev–Trinajstić information content (AvgIpc) is 2.91. The summed E-state index contributed by atoms with van der Waals surface area (Å²) < 4.78 is 45.2. The second kappa shape index (κ2) is 10.7. The van der Waals surface area contributed by atoms with E-state index in [9.17, 15) is 9.18 Å². The molecule has 0 bridgehead atoms. The van der Waals surface area contributed by atoms with Crippen molar-refractivity contribution in [3.8, 4) is 11.1 Å². The van der Waals surface area contributed by atoms with E-state index in [1.807, 2.05) is 0 Å². The highest BCUT2D eigenvalue weighted by Crippen LogP contribution is 2.46. The molecule has 4 rings (SSSR count). The number of carbonyl (C=O) groups excluding carboxylic acids is 1. The minimum absolute atomic E-state index is 0.0211. The fraction of sp³-hybridized carbons (Fsp3) is 0.280. The summed E-state index contributed by atoms with van der Waals surface area (Å²) >= 11 is 6.23. The average molecular weight is 520 g/mol. The number of urea groups is 1. The van der Waals surface area contributed by atoms with Gasteiger partial charge in [0.05, 0.1) is 18.5 Å². The van der Waals surface area contributed by atoms with Gasteiger partial charge in [0.25, 0.3) is 0 Å². The van der Waals surface area contributed by atoms with Gasteiger partial charge in [-0.25, -0.2) is 22.9 Å². The number of benzene rings is 2. The zero-order valence-corrected chi connectivity index (χ0v) is 20.4. The van der Waals surface area contributed by atoms with Crippen molar-refractivity contribution in [2.45, 2.75) is 19.9 Å². The molecule has 1 aliphatic heterocycles. The van der Waals surface area contributed by atoms with Gasteiger partial charge in [-0.1, -0.05) is 17.7 Å². The van der Waals surface area contributed by atoms with Crippen LogP contribution in [0.3, 0.4) is 0 Å². The van der Waals surface area contributed by atoms with Gasteiger partial charge in [-0.05, 0) is 44.2 Å². The molecule has 1 aliphatic rings. The summed E-state index contributed by atoms with van der Waals surface area (Å²) in [6, 6.07) is 6.70. The van der Waals surface area contributed by atoms with Gasteiger partial charge in [0.2, 0.25) is 0 Å². The van der Waals surface area contributed by atoms with Crippen LogP contribution in [-0.2, 0) is 0 Å². The van der Waals surface area contributed by atoms with Crippen LogP contribution in [0.25, 0.3) is 11.1 Å². The Balaban J connectivity index is 1.84. The smallest absolute Gasteiger partial charge is 0.335 e. The van der Waals surface area contributed by atoms with Gasteiger partial charge in [-0.15, -0.1) is 0 Å². The number of nitrogens with one attached hydrogen (secondary N) is 2. The number of hydrogen-bond donors (Lipinski definition) is 3. The van der Waals surface area contributed by atoms with Crippen LogP contribution in [0.4, 0.5) is 40.8 Å². The molecule has 0 radical (unpaired) electrons. The number of amides is 2. The molecular weight excluding hydrogens is 495 g/mol. The summed E-state index contributed by atoms with van der Waals surface area (Å²) in [7, 11) is 0. The van der Waals surface area contributed by atoms with E-state index < -0.39 is 35.2 Å². The lowest BCUT2D eigenvalue weighted by Crippen LogP contribution is -2.45. The predicted octanol–water partition coefficient (Wildman–Crippen LogP) is 5.30. The van der Waals surface area contributed by atoms with Gasteiger partial charge >= 0.3 is 6.03 Å². The van der Waals surface area contributed by atoms with E-state index in [0.717, 1.165) is 23.2 Å². The Labute approximate surface area is 211 Å². The largest absolute Gasteiger partial charge is 0.395 e. The standard InChI is InChI=1S/C25H25ClF3N5O2/c1-14(2)33-24-19(10-16(27)13-32-24)18-4-3-15(26)9-22(18)34(25(33)36)23-20(28)11-17(12-21(23)29)31-6-5-30-7-8-35/h3-4,9-14,30-31,35H,5-8H2,1-2H3. The van der Waals surface area contributed by atoms with Crippen molar-refractivity contribution in [1.82, 2.24) is 10.3 Å². The van der Waals surface area contributed by atoms with Crippen LogP contribution < -0.4 is 20.4 Å². The van der Waals surface area contributed by atoms with E-state index >= 15 is 8.78 Å². The molecule has 1 aromatic heterocycles. The Morgan fingerprint density at radius 3 is 2.42 bits per heavy atom. The molecule has 2 heterocycles. The van der Waals surface area contributed by atoms with Crippen molar-refractivity contribution >= 4 is 40.5 Å². The van der Waals surface area contributed by atoms with E-state index in [4.69, 9.17) is 16.7 Å². The molecular formula is C25H25ClF3N5O2. The molecule has 190 valence electrons. The topological polar surface area (TPSA) is 80.7 Å². The van der Waals surface area contributed by atoms with Crippen LogP contribution >= 0.6 is 11.6 Å². The van der Waals surface area contributed by atoms with Crippen molar-refractivity contribution in [2.24, 2.45) is 0 Å². The van der Waals surface area contributed by atoms with E-state index in [0.29, 0.717) is 30.8 Å². The van der Waals surface area contributed by atoms with Crippen LogP contribution in [0.15, 0.2) is 42.6 Å². The Morgan fingerprint density at radius 2 is 1.75 bits per heavy atom. The first-order valence-electron chi connectivity index (χ1n) is 11.4. The van der Waals surface area contributed by atoms with Crippen molar-refractivity contribution in [1.29, 1.82) is 0 Å². The molecule has 2 amide bonds. The van der Waals surface area contributed by atoms with E-state index in [-0.39, 0.29) is 28.8 Å². The lowest BCUT2D eigenvalue weighted by molar-refractivity contribution is 0.251. The number of halogens is 4. The highest BCUT2D eigenvalue weighted by Gasteiger charge is 2.38. The van der Waals surface area contributed by atoms with Gasteiger partial charge in [0.1, 0.15) is 17.3 Å². The van der Waals surface area contributed by atoms with Gasteiger partial charge in [0.15, 0.2) is 11.6 Å². The number of carbonyl (C=O) groups is 1. The molecule has 0 unspecified atom stereocenters. The van der Waals surface area contributed by atoms with Gasteiger partial charge < -0.3 is 15.7 Å². The van der Waals surface area contributed by atoms with E-state index in [2.05, 4.69) is 15.6 Å². The number of rotatable bonds is 8. The number of nitrogens with zero attached hydrogens (tertiary/aromatic N) is 3. The summed E-state index contributed by atoms with van der Waals surface area (Å²) in [6.07, 6.45) is 0.990. The van der Waals surface area contributed by atoms with Crippen LogP contribution in [0.2, 0.25) is 5.02 Å². The zero-order valence-electron chi connectivity index (χ0n) is 19.7. The third kappa shape index (κ3) is 4.97. The summed E-state index contributed by atoms with van der Waals surface area (Å²) in [4.78, 5) is 20.2. The third-order valence-corrected chi connectivity index (χ3v) is 5.86. The lowest BCUT2D eigenvalue weighted by atomic mass is 10.0. The molecule has 11 heteroatoms. The maximum atomic E-state index is 15.5. The number of pyridine rings is 1. The quantitative estimate of drug-likeness (QED) is 0.352. The van der Waals surface area contributed by atoms with Crippen LogP contribution in [-0.4, -0.2) is 48.4 Å².